The molecule has 128 valence electrons. The molecule has 0 unspecified atom stereocenters. The summed E-state index contributed by atoms with van der Waals surface area (Å²) in [6.45, 7) is 5.53. The maximum atomic E-state index is 12.6. The largest absolute Gasteiger partial charge is 0.397 e. The van der Waals surface area contributed by atoms with E-state index in [1.807, 2.05) is 19.9 Å². The number of hydrogen-bond donors (Lipinski definition) is 2. The van der Waals surface area contributed by atoms with Crippen LogP contribution in [0.15, 0.2) is 24.3 Å². The number of carbonyl (C=O) groups is 1. The standard InChI is InChI=1S/C17H16N4O3S/c1-8-4-5-11(12(6-8)21(23)24)20-16(22)15-14(18)13-9(2)7-10(3)19-17(13)25-15/h4-7H,18H2,1-3H3,(H,20,22). The maximum Gasteiger partial charge on any atom is 0.293 e. The molecule has 0 aliphatic carbocycles. The number of nitrogens with one attached hydrogen (secondary N) is 1. The van der Waals surface area contributed by atoms with Crippen LogP contribution in [0.5, 0.6) is 0 Å². The van der Waals surface area contributed by atoms with Crippen LogP contribution in [0.1, 0.15) is 26.5 Å². The number of nitrogen functional groups attached to an aromatic ring is 1. The van der Waals surface area contributed by atoms with Gasteiger partial charge in [-0.15, -0.1) is 11.3 Å². The van der Waals surface area contributed by atoms with Crippen molar-refractivity contribution >= 4 is 44.5 Å². The van der Waals surface area contributed by atoms with Crippen LogP contribution in [0.4, 0.5) is 17.1 Å². The number of rotatable bonds is 3. The minimum absolute atomic E-state index is 0.137. The molecular formula is C17H16N4O3S. The third-order valence-corrected chi connectivity index (χ3v) is 4.93. The van der Waals surface area contributed by atoms with Gasteiger partial charge in [-0.1, -0.05) is 6.07 Å². The van der Waals surface area contributed by atoms with Crippen molar-refractivity contribution in [3.05, 3.63) is 56.1 Å². The number of nitrogens with zero attached hydrogens (tertiary/aromatic N) is 2. The minimum Gasteiger partial charge on any atom is -0.397 e. The molecule has 0 atom stereocenters. The quantitative estimate of drug-likeness (QED) is 0.545. The van der Waals surface area contributed by atoms with Crippen LogP contribution in [0.2, 0.25) is 0 Å². The van der Waals surface area contributed by atoms with E-state index in [1.165, 1.54) is 23.5 Å². The third kappa shape index (κ3) is 3.03. The zero-order valence-corrected chi connectivity index (χ0v) is 14.7. The second-order valence-corrected chi connectivity index (χ2v) is 6.84. The molecule has 0 fully saturated rings. The van der Waals surface area contributed by atoms with Crippen LogP contribution in [-0.4, -0.2) is 15.8 Å². The van der Waals surface area contributed by atoms with E-state index in [0.717, 1.165) is 22.2 Å². The molecule has 0 bridgehead atoms. The molecule has 7 nitrogen and oxygen atoms in total. The number of nitro groups is 1. The molecule has 1 amide bonds. The maximum absolute atomic E-state index is 12.6. The summed E-state index contributed by atoms with van der Waals surface area (Å²) in [4.78, 5) is 28.7. The summed E-state index contributed by atoms with van der Waals surface area (Å²) >= 11 is 1.18. The van der Waals surface area contributed by atoms with Gasteiger partial charge in [-0.25, -0.2) is 4.98 Å². The first-order valence-electron chi connectivity index (χ1n) is 7.50. The highest BCUT2D eigenvalue weighted by atomic mass is 32.1. The summed E-state index contributed by atoms with van der Waals surface area (Å²) in [6, 6.07) is 6.53. The highest BCUT2D eigenvalue weighted by Crippen LogP contribution is 2.36. The van der Waals surface area contributed by atoms with Crippen LogP contribution in [0, 0.1) is 30.9 Å². The van der Waals surface area contributed by atoms with Gasteiger partial charge in [0.2, 0.25) is 0 Å². The molecule has 1 aromatic carbocycles. The number of nitrogens with two attached hydrogens (primary N) is 1. The fraction of sp³-hybridized carbons (Fsp3) is 0.176. The van der Waals surface area contributed by atoms with Crippen LogP contribution >= 0.6 is 11.3 Å². The van der Waals surface area contributed by atoms with Crippen molar-refractivity contribution in [3.8, 4) is 0 Å². The zero-order chi connectivity index (χ0) is 18.3. The Balaban J connectivity index is 2.03. The van der Waals surface area contributed by atoms with Crippen LogP contribution < -0.4 is 11.1 Å². The molecular weight excluding hydrogens is 340 g/mol. The number of benzene rings is 1. The molecule has 0 aliphatic heterocycles. The average molecular weight is 356 g/mol. The van der Waals surface area contributed by atoms with Gasteiger partial charge in [-0.3, -0.25) is 14.9 Å². The van der Waals surface area contributed by atoms with Gasteiger partial charge < -0.3 is 11.1 Å². The van der Waals surface area contributed by atoms with E-state index in [9.17, 15) is 14.9 Å². The van der Waals surface area contributed by atoms with E-state index in [2.05, 4.69) is 10.3 Å². The minimum atomic E-state index is -0.522. The van der Waals surface area contributed by atoms with E-state index >= 15 is 0 Å². The SMILES string of the molecule is Cc1ccc(NC(=O)c2sc3nc(C)cc(C)c3c2N)c([N+](=O)[O-])c1. The van der Waals surface area contributed by atoms with Gasteiger partial charge in [0.1, 0.15) is 15.4 Å². The monoisotopic (exact) mass is 356 g/mol. The smallest absolute Gasteiger partial charge is 0.293 e. The topological polar surface area (TPSA) is 111 Å². The Hall–Kier alpha value is -3.00. The Bertz CT molecular complexity index is 1030. The number of anilines is 2. The molecule has 0 saturated heterocycles. The summed E-state index contributed by atoms with van der Waals surface area (Å²) in [7, 11) is 0. The summed E-state index contributed by atoms with van der Waals surface area (Å²) < 4.78 is 0. The Morgan fingerprint density at radius 2 is 2.00 bits per heavy atom. The van der Waals surface area contributed by atoms with E-state index < -0.39 is 10.8 Å². The number of aryl methyl sites for hydroxylation is 3. The van der Waals surface area contributed by atoms with Gasteiger partial charge in [0.05, 0.1) is 10.6 Å². The van der Waals surface area contributed by atoms with Crippen LogP contribution in [0.25, 0.3) is 10.2 Å². The first-order chi connectivity index (χ1) is 11.8. The molecule has 3 rings (SSSR count). The van der Waals surface area contributed by atoms with Crippen molar-refractivity contribution in [1.82, 2.24) is 4.98 Å². The number of aromatic nitrogens is 1. The predicted octanol–water partition coefficient (Wildman–Crippen LogP) is 3.96. The number of pyridine rings is 1. The highest BCUT2D eigenvalue weighted by Gasteiger charge is 2.22. The lowest BCUT2D eigenvalue weighted by Crippen LogP contribution is -2.13. The predicted molar refractivity (Wildman–Crippen MR) is 99.3 cm³/mol. The average Bonchev–Trinajstić information content (AvgIpc) is 2.85. The van der Waals surface area contributed by atoms with Gasteiger partial charge >= 0.3 is 0 Å². The third-order valence-electron chi connectivity index (χ3n) is 3.83. The number of hydrogen-bond acceptors (Lipinski definition) is 6. The molecule has 0 spiro atoms. The van der Waals surface area contributed by atoms with Crippen molar-refractivity contribution in [1.29, 1.82) is 0 Å². The number of fused-ring (bicyclic) bond motifs is 1. The highest BCUT2D eigenvalue weighted by molar-refractivity contribution is 7.21. The molecule has 2 heterocycles. The number of nitro benzene ring substituents is 1. The second-order valence-electron chi connectivity index (χ2n) is 5.84. The first-order valence-corrected chi connectivity index (χ1v) is 8.32. The Morgan fingerprint density at radius 1 is 1.28 bits per heavy atom. The zero-order valence-electron chi connectivity index (χ0n) is 13.9. The number of amides is 1. The fourth-order valence-corrected chi connectivity index (χ4v) is 3.83. The Kier molecular flexibility index (Phi) is 4.13. The van der Waals surface area contributed by atoms with E-state index in [-0.39, 0.29) is 11.4 Å². The van der Waals surface area contributed by atoms with Crippen molar-refractivity contribution in [3.63, 3.8) is 0 Å². The number of carbonyl (C=O) groups excluding carboxylic acids is 1. The Labute approximate surface area is 147 Å². The van der Waals surface area contributed by atoms with Gasteiger partial charge in [-0.2, -0.15) is 0 Å². The lowest BCUT2D eigenvalue weighted by molar-refractivity contribution is -0.384. The molecule has 0 aliphatic rings. The molecule has 8 heteroatoms. The molecule has 3 N–H and O–H groups in total. The van der Waals surface area contributed by atoms with Gasteiger partial charge in [-0.05, 0) is 44.0 Å². The number of thiophene rings is 1. The Morgan fingerprint density at radius 3 is 2.68 bits per heavy atom. The van der Waals surface area contributed by atoms with E-state index in [4.69, 9.17) is 5.73 Å². The fourth-order valence-electron chi connectivity index (χ4n) is 2.72. The van der Waals surface area contributed by atoms with Crippen molar-refractivity contribution in [2.75, 3.05) is 11.1 Å². The summed E-state index contributed by atoms with van der Waals surface area (Å²) in [5.74, 6) is -0.482. The first kappa shape index (κ1) is 16.8. The van der Waals surface area contributed by atoms with Crippen LogP contribution in [0.3, 0.4) is 0 Å². The van der Waals surface area contributed by atoms with Gasteiger partial charge in [0, 0.05) is 17.1 Å². The summed E-state index contributed by atoms with van der Waals surface area (Å²) in [5.41, 5.74) is 8.99. The van der Waals surface area contributed by atoms with Crippen LogP contribution in [-0.2, 0) is 0 Å². The lowest BCUT2D eigenvalue weighted by Gasteiger charge is -2.06. The molecule has 0 radical (unpaired) electrons. The van der Waals surface area contributed by atoms with Gasteiger partial charge in [0.15, 0.2) is 0 Å². The van der Waals surface area contributed by atoms with Gasteiger partial charge in [0.25, 0.3) is 11.6 Å². The van der Waals surface area contributed by atoms with Crippen molar-refractivity contribution in [2.45, 2.75) is 20.8 Å². The second kappa shape index (κ2) is 6.14. The lowest BCUT2D eigenvalue weighted by atomic mass is 10.1. The van der Waals surface area contributed by atoms with Crippen molar-refractivity contribution in [2.24, 2.45) is 0 Å². The van der Waals surface area contributed by atoms with E-state index in [0.29, 0.717) is 15.4 Å². The molecule has 3 aromatic rings. The molecule has 25 heavy (non-hydrogen) atoms. The van der Waals surface area contributed by atoms with Crippen molar-refractivity contribution < 1.29 is 9.72 Å². The summed E-state index contributed by atoms with van der Waals surface area (Å²) in [6.07, 6.45) is 0. The molecule has 2 aromatic heterocycles. The summed E-state index contributed by atoms with van der Waals surface area (Å²) in [5, 5.41) is 14.5. The normalized spacial score (nSPS) is 10.8. The molecule has 0 saturated carbocycles. The van der Waals surface area contributed by atoms with E-state index in [1.54, 1.807) is 13.0 Å².